The van der Waals surface area contributed by atoms with Gasteiger partial charge in [-0.05, 0) is 42.5 Å². The van der Waals surface area contributed by atoms with Crippen LogP contribution in [0.5, 0.6) is 5.75 Å². The highest BCUT2D eigenvalue weighted by molar-refractivity contribution is 5.93. The topological polar surface area (TPSA) is 108 Å². The summed E-state index contributed by atoms with van der Waals surface area (Å²) in [5, 5.41) is 23.1. The first-order valence-electron chi connectivity index (χ1n) is 8.12. The van der Waals surface area contributed by atoms with Crippen LogP contribution >= 0.6 is 0 Å². The fourth-order valence-electron chi connectivity index (χ4n) is 2.70. The van der Waals surface area contributed by atoms with E-state index in [1.807, 2.05) is 36.4 Å². The second-order valence-electron chi connectivity index (χ2n) is 5.81. The summed E-state index contributed by atoms with van der Waals surface area (Å²) in [5.41, 5.74) is 1.90. The minimum Gasteiger partial charge on any atom is -0.506 e. The van der Waals surface area contributed by atoms with Gasteiger partial charge in [0.15, 0.2) is 5.82 Å². The largest absolute Gasteiger partial charge is 0.506 e. The fraction of sp³-hybridized carbons (Fsp3) is 0. The smallest absolute Gasteiger partial charge is 0.335 e. The molecule has 0 spiro atoms. The number of aromatic hydroxyl groups is 1. The third-order valence-corrected chi connectivity index (χ3v) is 4.04. The molecule has 2 aromatic carbocycles. The molecule has 0 radical (unpaired) electrons. The summed E-state index contributed by atoms with van der Waals surface area (Å²) in [5.74, 6) is -0.265. The molecule has 0 saturated heterocycles. The highest BCUT2D eigenvalue weighted by Gasteiger charge is 2.12. The molecule has 0 aliphatic carbocycles. The van der Waals surface area contributed by atoms with Gasteiger partial charge >= 0.3 is 5.97 Å². The number of anilines is 2. The molecule has 4 rings (SSSR count). The maximum atomic E-state index is 11.0. The first kappa shape index (κ1) is 16.5. The van der Waals surface area contributed by atoms with Crippen LogP contribution in [-0.4, -0.2) is 31.1 Å². The number of pyridine rings is 1. The second-order valence-corrected chi connectivity index (χ2v) is 5.81. The SMILES string of the molecule is O=C(O)c1ccc(Nc2nc(-c3ccncc3)nc3ccccc23)c(O)c1. The van der Waals surface area contributed by atoms with Crippen molar-refractivity contribution in [2.45, 2.75) is 0 Å². The van der Waals surface area contributed by atoms with Gasteiger partial charge in [0.25, 0.3) is 0 Å². The van der Waals surface area contributed by atoms with Crippen molar-refractivity contribution >= 4 is 28.4 Å². The summed E-state index contributed by atoms with van der Waals surface area (Å²) in [7, 11) is 0. The maximum Gasteiger partial charge on any atom is 0.335 e. The number of carboxylic acid groups (broad SMARTS) is 1. The molecule has 0 unspecified atom stereocenters. The van der Waals surface area contributed by atoms with Gasteiger partial charge in [-0.2, -0.15) is 0 Å². The number of hydrogen-bond acceptors (Lipinski definition) is 6. The maximum absolute atomic E-state index is 11.0. The predicted octanol–water partition coefficient (Wildman–Crippen LogP) is 3.84. The normalized spacial score (nSPS) is 10.7. The van der Waals surface area contributed by atoms with Crippen molar-refractivity contribution in [1.82, 2.24) is 15.0 Å². The average molecular weight is 358 g/mol. The highest BCUT2D eigenvalue weighted by Crippen LogP contribution is 2.31. The number of hydrogen-bond donors (Lipinski definition) is 3. The third kappa shape index (κ3) is 3.25. The summed E-state index contributed by atoms with van der Waals surface area (Å²) < 4.78 is 0. The van der Waals surface area contributed by atoms with Crippen LogP contribution in [0.15, 0.2) is 67.0 Å². The summed E-state index contributed by atoms with van der Waals surface area (Å²) >= 11 is 0. The van der Waals surface area contributed by atoms with Crippen molar-refractivity contribution in [1.29, 1.82) is 0 Å². The number of para-hydroxylation sites is 1. The third-order valence-electron chi connectivity index (χ3n) is 4.04. The van der Waals surface area contributed by atoms with E-state index in [-0.39, 0.29) is 11.3 Å². The van der Waals surface area contributed by atoms with Crippen LogP contribution in [0.1, 0.15) is 10.4 Å². The van der Waals surface area contributed by atoms with E-state index < -0.39 is 5.97 Å². The first-order chi connectivity index (χ1) is 13.1. The van der Waals surface area contributed by atoms with E-state index in [0.29, 0.717) is 17.3 Å². The molecule has 7 heteroatoms. The van der Waals surface area contributed by atoms with Gasteiger partial charge in [-0.15, -0.1) is 0 Å². The first-order valence-corrected chi connectivity index (χ1v) is 8.12. The minimum absolute atomic E-state index is 0.00284. The lowest BCUT2D eigenvalue weighted by molar-refractivity contribution is 0.0696. The number of nitrogens with one attached hydrogen (secondary N) is 1. The van der Waals surface area contributed by atoms with E-state index in [2.05, 4.69) is 20.3 Å². The van der Waals surface area contributed by atoms with Crippen molar-refractivity contribution in [3.05, 3.63) is 72.6 Å². The number of aromatic nitrogens is 3. The zero-order chi connectivity index (χ0) is 18.8. The minimum atomic E-state index is -1.11. The summed E-state index contributed by atoms with van der Waals surface area (Å²) in [4.78, 5) is 24.2. The monoisotopic (exact) mass is 358 g/mol. The van der Waals surface area contributed by atoms with Crippen molar-refractivity contribution < 1.29 is 15.0 Å². The Bertz CT molecular complexity index is 1150. The Kier molecular flexibility index (Phi) is 4.10. The van der Waals surface area contributed by atoms with Crippen LogP contribution in [0.3, 0.4) is 0 Å². The Hall–Kier alpha value is -4.00. The molecule has 0 aliphatic heterocycles. The van der Waals surface area contributed by atoms with Crippen molar-refractivity contribution in [3.63, 3.8) is 0 Å². The Morgan fingerprint density at radius 2 is 1.74 bits per heavy atom. The number of rotatable bonds is 4. The molecular formula is C20H14N4O3. The molecule has 3 N–H and O–H groups in total. The molecule has 0 aliphatic rings. The van der Waals surface area contributed by atoms with E-state index in [9.17, 15) is 9.90 Å². The Morgan fingerprint density at radius 3 is 2.48 bits per heavy atom. The van der Waals surface area contributed by atoms with Crippen LogP contribution in [0.2, 0.25) is 0 Å². The van der Waals surface area contributed by atoms with Crippen molar-refractivity contribution in [3.8, 4) is 17.1 Å². The number of nitrogens with zero attached hydrogens (tertiary/aromatic N) is 3. The number of phenols is 1. The number of carboxylic acids is 1. The summed E-state index contributed by atoms with van der Waals surface area (Å²) in [6.45, 7) is 0. The molecule has 0 fully saturated rings. The van der Waals surface area contributed by atoms with Gasteiger partial charge in [0.05, 0.1) is 16.8 Å². The second kappa shape index (κ2) is 6.72. The number of aromatic carboxylic acids is 1. The Labute approximate surface area is 154 Å². The highest BCUT2D eigenvalue weighted by atomic mass is 16.4. The van der Waals surface area contributed by atoms with E-state index in [1.165, 1.54) is 18.2 Å². The fourth-order valence-corrected chi connectivity index (χ4v) is 2.70. The van der Waals surface area contributed by atoms with E-state index in [1.54, 1.807) is 12.4 Å². The van der Waals surface area contributed by atoms with Gasteiger partial charge in [0.2, 0.25) is 0 Å². The molecule has 0 saturated carbocycles. The molecule has 0 amide bonds. The van der Waals surface area contributed by atoms with E-state index in [0.717, 1.165) is 16.5 Å². The van der Waals surface area contributed by atoms with Gasteiger partial charge in [-0.1, -0.05) is 12.1 Å². The molecule has 2 heterocycles. The molecule has 2 aromatic heterocycles. The van der Waals surface area contributed by atoms with Crippen LogP contribution < -0.4 is 5.32 Å². The molecule has 132 valence electrons. The predicted molar refractivity (Wildman–Crippen MR) is 101 cm³/mol. The number of carbonyl (C=O) groups is 1. The number of benzene rings is 2. The molecule has 27 heavy (non-hydrogen) atoms. The number of fused-ring (bicyclic) bond motifs is 1. The van der Waals surface area contributed by atoms with Crippen molar-refractivity contribution in [2.75, 3.05) is 5.32 Å². The quantitative estimate of drug-likeness (QED) is 0.476. The molecule has 0 bridgehead atoms. The van der Waals surface area contributed by atoms with Gasteiger partial charge in [0.1, 0.15) is 11.6 Å². The lowest BCUT2D eigenvalue weighted by Crippen LogP contribution is -2.01. The summed E-state index contributed by atoms with van der Waals surface area (Å²) in [6.07, 6.45) is 3.33. The van der Waals surface area contributed by atoms with Crippen LogP contribution in [0.4, 0.5) is 11.5 Å². The lowest BCUT2D eigenvalue weighted by atomic mass is 10.1. The zero-order valence-corrected chi connectivity index (χ0v) is 14.0. The van der Waals surface area contributed by atoms with Crippen LogP contribution in [0, 0.1) is 0 Å². The molecular weight excluding hydrogens is 344 g/mol. The van der Waals surface area contributed by atoms with Crippen LogP contribution in [-0.2, 0) is 0 Å². The Morgan fingerprint density at radius 1 is 0.963 bits per heavy atom. The lowest BCUT2D eigenvalue weighted by Gasteiger charge is -2.12. The Balaban J connectivity index is 1.82. The van der Waals surface area contributed by atoms with Gasteiger partial charge in [0, 0.05) is 23.3 Å². The van der Waals surface area contributed by atoms with Crippen LogP contribution in [0.25, 0.3) is 22.3 Å². The standard InChI is InChI=1S/C20H14N4O3/c25-17-11-13(20(26)27)5-6-16(17)23-19-14-3-1-2-4-15(14)22-18(24-19)12-7-9-21-10-8-12/h1-11,25H,(H,26,27)(H,22,23,24). The van der Waals surface area contributed by atoms with E-state index >= 15 is 0 Å². The van der Waals surface area contributed by atoms with Crippen molar-refractivity contribution in [2.24, 2.45) is 0 Å². The average Bonchev–Trinajstić information content (AvgIpc) is 2.70. The molecule has 4 aromatic rings. The molecule has 0 atom stereocenters. The van der Waals surface area contributed by atoms with Gasteiger partial charge in [-0.25, -0.2) is 14.8 Å². The zero-order valence-electron chi connectivity index (χ0n) is 14.0. The summed E-state index contributed by atoms with van der Waals surface area (Å²) in [6, 6.07) is 15.2. The molecule has 7 nitrogen and oxygen atoms in total. The van der Waals surface area contributed by atoms with Gasteiger partial charge in [-0.3, -0.25) is 4.98 Å². The number of phenolic OH excluding ortho intramolecular Hbond substituents is 1. The van der Waals surface area contributed by atoms with E-state index in [4.69, 9.17) is 5.11 Å². The van der Waals surface area contributed by atoms with Gasteiger partial charge < -0.3 is 15.5 Å².